The van der Waals surface area contributed by atoms with Gasteiger partial charge in [0.05, 0.1) is 10.7 Å². The lowest BCUT2D eigenvalue weighted by atomic mass is 9.98. The van der Waals surface area contributed by atoms with Crippen molar-refractivity contribution in [3.8, 4) is 28.5 Å². The highest BCUT2D eigenvalue weighted by Crippen LogP contribution is 2.36. The van der Waals surface area contributed by atoms with Gasteiger partial charge in [-0.15, -0.1) is 0 Å². The fourth-order valence-electron chi connectivity index (χ4n) is 2.43. The van der Waals surface area contributed by atoms with Crippen molar-refractivity contribution in [1.29, 1.82) is 5.26 Å². The Kier molecular flexibility index (Phi) is 4.96. The molecule has 0 amide bonds. The molecule has 0 spiro atoms. The quantitative estimate of drug-likeness (QED) is 0.529. The van der Waals surface area contributed by atoms with E-state index in [9.17, 15) is 9.65 Å². The maximum absolute atomic E-state index is 14.4. The molecule has 0 bridgehead atoms. The predicted octanol–water partition coefficient (Wildman–Crippen LogP) is 6.08. The van der Waals surface area contributed by atoms with Crippen molar-refractivity contribution in [1.82, 2.24) is 4.98 Å². The van der Waals surface area contributed by atoms with E-state index in [-0.39, 0.29) is 16.9 Å². The Morgan fingerprint density at radius 1 is 1.04 bits per heavy atom. The number of pyridine rings is 1. The van der Waals surface area contributed by atoms with Crippen LogP contribution in [0.4, 0.5) is 10.2 Å². The van der Waals surface area contributed by atoms with Gasteiger partial charge in [0, 0.05) is 26.2 Å². The fourth-order valence-corrected chi connectivity index (χ4v) is 3.15. The second-order valence-corrected chi connectivity index (χ2v) is 6.93. The molecular weight excluding hydrogens is 428 g/mol. The van der Waals surface area contributed by atoms with Crippen LogP contribution in [0.25, 0.3) is 22.4 Å². The third-order valence-electron chi connectivity index (χ3n) is 3.58. The van der Waals surface area contributed by atoms with Gasteiger partial charge in [0.1, 0.15) is 23.3 Å². The van der Waals surface area contributed by atoms with Crippen molar-refractivity contribution >= 4 is 44.9 Å². The predicted molar refractivity (Wildman–Crippen MR) is 102 cm³/mol. The molecule has 0 saturated carbocycles. The molecule has 0 aliphatic carbocycles. The van der Waals surface area contributed by atoms with E-state index in [4.69, 9.17) is 28.9 Å². The van der Waals surface area contributed by atoms with Gasteiger partial charge >= 0.3 is 0 Å². The lowest BCUT2D eigenvalue weighted by Gasteiger charge is -2.12. The van der Waals surface area contributed by atoms with Gasteiger partial charge in [0.25, 0.3) is 0 Å². The van der Waals surface area contributed by atoms with Gasteiger partial charge in [0.15, 0.2) is 0 Å². The zero-order valence-corrected chi connectivity index (χ0v) is 15.6. The SMILES string of the molecule is N#Cc1c(-c2ccc(Br)cc2F)cc(-c2cc(Cl)ccc2Cl)nc1N. The normalized spacial score (nSPS) is 10.5. The number of halogens is 4. The summed E-state index contributed by atoms with van der Waals surface area (Å²) in [7, 11) is 0. The molecule has 0 saturated heterocycles. The van der Waals surface area contributed by atoms with Gasteiger partial charge in [0.2, 0.25) is 0 Å². The minimum absolute atomic E-state index is 0.00615. The molecule has 2 aromatic carbocycles. The van der Waals surface area contributed by atoms with Gasteiger partial charge in [-0.25, -0.2) is 9.37 Å². The summed E-state index contributed by atoms with van der Waals surface area (Å²) in [6.07, 6.45) is 0. The lowest BCUT2D eigenvalue weighted by Crippen LogP contribution is -2.01. The third-order valence-corrected chi connectivity index (χ3v) is 4.64. The molecule has 3 aromatic rings. The number of rotatable bonds is 2. The number of aromatic nitrogens is 1. The summed E-state index contributed by atoms with van der Waals surface area (Å²) in [5, 5.41) is 10.3. The Balaban J connectivity index is 2.30. The zero-order chi connectivity index (χ0) is 18.1. The van der Waals surface area contributed by atoms with Crippen LogP contribution in [0.5, 0.6) is 0 Å². The minimum Gasteiger partial charge on any atom is -0.383 e. The average molecular weight is 437 g/mol. The Hall–Kier alpha value is -2.13. The van der Waals surface area contributed by atoms with Gasteiger partial charge in [-0.05, 0) is 36.4 Å². The smallest absolute Gasteiger partial charge is 0.142 e. The van der Waals surface area contributed by atoms with Crippen LogP contribution in [-0.2, 0) is 0 Å². The van der Waals surface area contributed by atoms with Gasteiger partial charge in [-0.2, -0.15) is 5.26 Å². The first kappa shape index (κ1) is 17.7. The molecule has 0 fully saturated rings. The van der Waals surface area contributed by atoms with E-state index in [1.54, 1.807) is 36.4 Å². The van der Waals surface area contributed by atoms with Crippen molar-refractivity contribution in [2.45, 2.75) is 0 Å². The second-order valence-electron chi connectivity index (χ2n) is 5.18. The highest BCUT2D eigenvalue weighted by Gasteiger charge is 2.17. The van der Waals surface area contributed by atoms with E-state index >= 15 is 0 Å². The molecule has 0 aliphatic rings. The Labute approximate surface area is 162 Å². The molecule has 0 aliphatic heterocycles. The van der Waals surface area contributed by atoms with E-state index in [2.05, 4.69) is 20.9 Å². The highest BCUT2D eigenvalue weighted by molar-refractivity contribution is 9.10. The number of hydrogen-bond donors (Lipinski definition) is 1. The lowest BCUT2D eigenvalue weighted by molar-refractivity contribution is 0.630. The van der Waals surface area contributed by atoms with E-state index in [1.807, 2.05) is 6.07 Å². The molecule has 1 aromatic heterocycles. The van der Waals surface area contributed by atoms with Crippen molar-refractivity contribution < 1.29 is 4.39 Å². The third kappa shape index (κ3) is 3.47. The first-order valence-electron chi connectivity index (χ1n) is 7.02. The van der Waals surface area contributed by atoms with Gasteiger partial charge in [-0.3, -0.25) is 0 Å². The van der Waals surface area contributed by atoms with E-state index in [1.165, 1.54) is 6.07 Å². The topological polar surface area (TPSA) is 62.7 Å². The van der Waals surface area contributed by atoms with Crippen LogP contribution in [0.2, 0.25) is 10.0 Å². The molecule has 7 heteroatoms. The first-order valence-corrected chi connectivity index (χ1v) is 8.57. The number of nitrogens with zero attached hydrogens (tertiary/aromatic N) is 2. The van der Waals surface area contributed by atoms with Crippen LogP contribution in [0.15, 0.2) is 46.9 Å². The molecular formula is C18H9BrCl2FN3. The van der Waals surface area contributed by atoms with Crippen LogP contribution >= 0.6 is 39.1 Å². The maximum atomic E-state index is 14.4. The Bertz CT molecular complexity index is 1030. The number of nitrogens with two attached hydrogens (primary N) is 1. The standard InChI is InChI=1S/C18H9BrCl2FN3/c19-9-1-3-11(16(22)5-9)12-7-17(25-18(24)14(12)8-23)13-6-10(20)2-4-15(13)21/h1-7H,(H2,24,25). The zero-order valence-electron chi connectivity index (χ0n) is 12.5. The monoisotopic (exact) mass is 435 g/mol. The molecule has 3 nitrogen and oxygen atoms in total. The molecule has 0 radical (unpaired) electrons. The average Bonchev–Trinajstić information content (AvgIpc) is 2.56. The summed E-state index contributed by atoms with van der Waals surface area (Å²) < 4.78 is 15.0. The van der Waals surface area contributed by atoms with Crippen molar-refractivity contribution in [2.75, 3.05) is 5.73 Å². The summed E-state index contributed by atoms with van der Waals surface area (Å²) in [5.74, 6) is -0.493. The van der Waals surface area contributed by atoms with Crippen LogP contribution in [0.1, 0.15) is 5.56 Å². The molecule has 3 rings (SSSR count). The number of anilines is 1. The molecule has 0 unspecified atom stereocenters. The van der Waals surface area contributed by atoms with Gasteiger partial charge < -0.3 is 5.73 Å². The summed E-state index contributed by atoms with van der Waals surface area (Å²) >= 11 is 15.5. The molecule has 0 atom stereocenters. The largest absolute Gasteiger partial charge is 0.383 e. The summed E-state index contributed by atoms with van der Waals surface area (Å²) in [4.78, 5) is 4.23. The summed E-state index contributed by atoms with van der Waals surface area (Å²) in [6.45, 7) is 0. The summed E-state index contributed by atoms with van der Waals surface area (Å²) in [5.41, 5.74) is 7.57. The number of nitrogen functional groups attached to an aromatic ring is 1. The van der Waals surface area contributed by atoms with Crippen molar-refractivity contribution in [3.05, 3.63) is 68.4 Å². The summed E-state index contributed by atoms with van der Waals surface area (Å²) in [6, 6.07) is 13.1. The van der Waals surface area contributed by atoms with E-state index in [0.717, 1.165) is 0 Å². The Morgan fingerprint density at radius 3 is 2.48 bits per heavy atom. The number of nitriles is 1. The van der Waals surface area contributed by atoms with Crippen molar-refractivity contribution in [3.63, 3.8) is 0 Å². The van der Waals surface area contributed by atoms with Crippen LogP contribution in [-0.4, -0.2) is 4.98 Å². The maximum Gasteiger partial charge on any atom is 0.142 e. The second kappa shape index (κ2) is 7.01. The van der Waals surface area contributed by atoms with Gasteiger partial charge in [-0.1, -0.05) is 45.2 Å². The minimum atomic E-state index is -0.486. The highest BCUT2D eigenvalue weighted by atomic mass is 79.9. The molecule has 1 heterocycles. The molecule has 124 valence electrons. The van der Waals surface area contributed by atoms with E-state index < -0.39 is 5.82 Å². The molecule has 25 heavy (non-hydrogen) atoms. The fraction of sp³-hybridized carbons (Fsp3) is 0. The van der Waals surface area contributed by atoms with Crippen molar-refractivity contribution in [2.24, 2.45) is 0 Å². The first-order chi connectivity index (χ1) is 11.9. The van der Waals surface area contributed by atoms with Crippen LogP contribution < -0.4 is 5.73 Å². The van der Waals surface area contributed by atoms with E-state index in [0.29, 0.717) is 31.3 Å². The van der Waals surface area contributed by atoms with Crippen LogP contribution in [0.3, 0.4) is 0 Å². The number of hydrogen-bond acceptors (Lipinski definition) is 3. The molecule has 2 N–H and O–H groups in total. The Morgan fingerprint density at radius 2 is 1.80 bits per heavy atom. The number of benzene rings is 2. The van der Waals surface area contributed by atoms with Crippen LogP contribution in [0, 0.1) is 17.1 Å².